The van der Waals surface area contributed by atoms with Crippen molar-refractivity contribution in [1.29, 1.82) is 0 Å². The zero-order chi connectivity index (χ0) is 11.2. The highest BCUT2D eigenvalue weighted by Crippen LogP contribution is 2.08. The lowest BCUT2D eigenvalue weighted by atomic mass is 9.99. The number of rotatable bonds is 6. The van der Waals surface area contributed by atoms with Gasteiger partial charge in [0, 0.05) is 12.5 Å². The van der Waals surface area contributed by atoms with Crippen molar-refractivity contribution in [3.63, 3.8) is 0 Å². The van der Waals surface area contributed by atoms with Gasteiger partial charge >= 0.3 is 0 Å². The van der Waals surface area contributed by atoms with E-state index < -0.39 is 5.54 Å². The quantitative estimate of drug-likeness (QED) is 0.573. The normalized spacial score (nSPS) is 17.2. The molecule has 2 atom stereocenters. The lowest BCUT2D eigenvalue weighted by Gasteiger charge is -2.28. The summed E-state index contributed by atoms with van der Waals surface area (Å²) in [4.78, 5) is 11.6. The molecule has 0 aromatic heterocycles. The number of amides is 1. The number of nitrogens with one attached hydrogen (secondary N) is 2. The Labute approximate surface area is 86.1 Å². The molecular weight excluding hydrogens is 180 g/mol. The minimum absolute atomic E-state index is 0.0160. The number of aliphatic hydroxyl groups is 1. The van der Waals surface area contributed by atoms with Crippen molar-refractivity contribution in [2.24, 2.45) is 5.92 Å². The Bertz CT molecular complexity index is 179. The zero-order valence-corrected chi connectivity index (χ0v) is 9.55. The molecule has 0 saturated carbocycles. The van der Waals surface area contributed by atoms with E-state index in [0.29, 0.717) is 6.54 Å². The van der Waals surface area contributed by atoms with Crippen LogP contribution in [0.2, 0.25) is 0 Å². The zero-order valence-electron chi connectivity index (χ0n) is 9.55. The van der Waals surface area contributed by atoms with Gasteiger partial charge in [-0.15, -0.1) is 0 Å². The first-order valence-electron chi connectivity index (χ1n) is 5.06. The number of carbonyl (C=O) groups excluding carboxylic acids is 1. The van der Waals surface area contributed by atoms with Crippen molar-refractivity contribution >= 4 is 5.91 Å². The number of carbonyl (C=O) groups is 1. The SMILES string of the molecule is CCC(C)(CO)NC(=O)C(C)CNC. The Hall–Kier alpha value is -0.610. The second kappa shape index (κ2) is 5.98. The fraction of sp³-hybridized carbons (Fsp3) is 0.900. The van der Waals surface area contributed by atoms with Crippen LogP contribution in [0.25, 0.3) is 0 Å². The summed E-state index contributed by atoms with van der Waals surface area (Å²) >= 11 is 0. The van der Waals surface area contributed by atoms with Gasteiger partial charge in [0.05, 0.1) is 12.1 Å². The van der Waals surface area contributed by atoms with E-state index in [-0.39, 0.29) is 18.4 Å². The lowest BCUT2D eigenvalue weighted by Crippen LogP contribution is -2.51. The second-order valence-corrected chi connectivity index (χ2v) is 4.02. The molecule has 0 heterocycles. The molecule has 0 bridgehead atoms. The molecule has 0 aromatic rings. The molecule has 4 heteroatoms. The Morgan fingerprint density at radius 2 is 2.14 bits per heavy atom. The van der Waals surface area contributed by atoms with Gasteiger partial charge in [-0.05, 0) is 20.4 Å². The number of hydrogen-bond donors (Lipinski definition) is 3. The van der Waals surface area contributed by atoms with Gasteiger partial charge in [0.2, 0.25) is 5.91 Å². The summed E-state index contributed by atoms with van der Waals surface area (Å²) in [5, 5.41) is 14.9. The number of aliphatic hydroxyl groups excluding tert-OH is 1. The first kappa shape index (κ1) is 13.4. The molecule has 0 fully saturated rings. The molecule has 0 saturated heterocycles. The predicted molar refractivity (Wildman–Crippen MR) is 57.0 cm³/mol. The minimum Gasteiger partial charge on any atom is -0.394 e. The van der Waals surface area contributed by atoms with Gasteiger partial charge in [-0.3, -0.25) is 4.79 Å². The van der Waals surface area contributed by atoms with Crippen LogP contribution >= 0.6 is 0 Å². The summed E-state index contributed by atoms with van der Waals surface area (Å²) in [5.74, 6) is -0.0878. The maximum Gasteiger partial charge on any atom is 0.224 e. The topological polar surface area (TPSA) is 61.4 Å². The fourth-order valence-corrected chi connectivity index (χ4v) is 1.06. The summed E-state index contributed by atoms with van der Waals surface area (Å²) in [5.41, 5.74) is -0.487. The molecule has 4 nitrogen and oxygen atoms in total. The molecule has 0 aliphatic carbocycles. The van der Waals surface area contributed by atoms with Crippen LogP contribution < -0.4 is 10.6 Å². The number of hydrogen-bond acceptors (Lipinski definition) is 3. The Morgan fingerprint density at radius 1 is 1.57 bits per heavy atom. The summed E-state index contributed by atoms with van der Waals surface area (Å²) in [6.07, 6.45) is 0.724. The average Bonchev–Trinajstić information content (AvgIpc) is 2.18. The Balaban J connectivity index is 4.15. The van der Waals surface area contributed by atoms with Crippen molar-refractivity contribution in [1.82, 2.24) is 10.6 Å². The smallest absolute Gasteiger partial charge is 0.224 e. The first-order valence-corrected chi connectivity index (χ1v) is 5.06. The Kier molecular flexibility index (Phi) is 5.72. The summed E-state index contributed by atoms with van der Waals surface area (Å²) < 4.78 is 0. The summed E-state index contributed by atoms with van der Waals surface area (Å²) in [6, 6.07) is 0. The molecule has 0 aliphatic heterocycles. The van der Waals surface area contributed by atoms with E-state index in [9.17, 15) is 4.79 Å². The molecule has 1 amide bonds. The van der Waals surface area contributed by atoms with Crippen LogP contribution in [-0.2, 0) is 4.79 Å². The second-order valence-electron chi connectivity index (χ2n) is 4.02. The molecule has 0 rings (SSSR count). The molecule has 84 valence electrons. The average molecular weight is 202 g/mol. The van der Waals surface area contributed by atoms with Crippen LogP contribution in [0.3, 0.4) is 0 Å². The highest BCUT2D eigenvalue weighted by atomic mass is 16.3. The molecule has 0 aromatic carbocycles. The van der Waals surface area contributed by atoms with Gasteiger partial charge in [-0.2, -0.15) is 0 Å². The van der Waals surface area contributed by atoms with Gasteiger partial charge in [0.25, 0.3) is 0 Å². The molecular formula is C10H22N2O2. The van der Waals surface area contributed by atoms with Crippen molar-refractivity contribution in [2.45, 2.75) is 32.7 Å². The third-order valence-electron chi connectivity index (χ3n) is 2.51. The Morgan fingerprint density at radius 3 is 2.50 bits per heavy atom. The lowest BCUT2D eigenvalue weighted by molar-refractivity contribution is -0.126. The fourth-order valence-electron chi connectivity index (χ4n) is 1.06. The third kappa shape index (κ3) is 4.07. The van der Waals surface area contributed by atoms with E-state index in [1.54, 1.807) is 0 Å². The third-order valence-corrected chi connectivity index (χ3v) is 2.51. The van der Waals surface area contributed by atoms with E-state index in [0.717, 1.165) is 6.42 Å². The molecule has 2 unspecified atom stereocenters. The van der Waals surface area contributed by atoms with Crippen LogP contribution in [0, 0.1) is 5.92 Å². The van der Waals surface area contributed by atoms with Crippen molar-refractivity contribution in [3.8, 4) is 0 Å². The molecule has 3 N–H and O–H groups in total. The van der Waals surface area contributed by atoms with Crippen LogP contribution in [0.5, 0.6) is 0 Å². The van der Waals surface area contributed by atoms with Gasteiger partial charge in [-0.1, -0.05) is 13.8 Å². The van der Waals surface area contributed by atoms with Crippen molar-refractivity contribution in [2.75, 3.05) is 20.2 Å². The summed E-state index contributed by atoms with van der Waals surface area (Å²) in [7, 11) is 1.81. The van der Waals surface area contributed by atoms with Crippen LogP contribution in [0.15, 0.2) is 0 Å². The van der Waals surface area contributed by atoms with E-state index in [1.165, 1.54) is 0 Å². The molecule has 0 radical (unpaired) electrons. The maximum absolute atomic E-state index is 11.6. The molecule has 14 heavy (non-hydrogen) atoms. The van der Waals surface area contributed by atoms with E-state index in [4.69, 9.17) is 5.11 Å². The van der Waals surface area contributed by atoms with E-state index in [2.05, 4.69) is 10.6 Å². The molecule has 0 spiro atoms. The molecule has 0 aliphatic rings. The van der Waals surface area contributed by atoms with Crippen LogP contribution in [-0.4, -0.2) is 36.8 Å². The van der Waals surface area contributed by atoms with Gasteiger partial charge in [0.15, 0.2) is 0 Å². The van der Waals surface area contributed by atoms with E-state index in [1.807, 2.05) is 27.8 Å². The highest BCUT2D eigenvalue weighted by Gasteiger charge is 2.25. The highest BCUT2D eigenvalue weighted by molar-refractivity contribution is 5.79. The standard InChI is InChI=1S/C10H22N2O2/c1-5-10(3,7-13)12-9(14)8(2)6-11-4/h8,11,13H,5-7H2,1-4H3,(H,12,14). The maximum atomic E-state index is 11.6. The largest absolute Gasteiger partial charge is 0.394 e. The van der Waals surface area contributed by atoms with Crippen molar-refractivity contribution < 1.29 is 9.90 Å². The van der Waals surface area contributed by atoms with Gasteiger partial charge in [0.1, 0.15) is 0 Å². The van der Waals surface area contributed by atoms with Gasteiger partial charge < -0.3 is 15.7 Å². The predicted octanol–water partition coefficient (Wildman–Crippen LogP) is 0.119. The minimum atomic E-state index is -0.487. The monoisotopic (exact) mass is 202 g/mol. The van der Waals surface area contributed by atoms with E-state index >= 15 is 0 Å². The van der Waals surface area contributed by atoms with Gasteiger partial charge in [-0.25, -0.2) is 0 Å². The van der Waals surface area contributed by atoms with Crippen molar-refractivity contribution in [3.05, 3.63) is 0 Å². The first-order chi connectivity index (χ1) is 6.49. The summed E-state index contributed by atoms with van der Waals surface area (Å²) in [6.45, 7) is 6.27. The van der Waals surface area contributed by atoms with Crippen LogP contribution in [0.4, 0.5) is 0 Å². The van der Waals surface area contributed by atoms with Crippen LogP contribution in [0.1, 0.15) is 27.2 Å².